The third kappa shape index (κ3) is 6.56. The Hall–Kier alpha value is -0.870. The Balaban J connectivity index is 1.62. The molecule has 1 amide bonds. The Morgan fingerprint density at radius 3 is 2.54 bits per heavy atom. The monoisotopic (exact) mass is 401 g/mol. The van der Waals surface area contributed by atoms with Crippen LogP contribution in [0.5, 0.6) is 0 Å². The third-order valence-electron chi connectivity index (χ3n) is 3.42. The molecule has 0 saturated heterocycles. The molecule has 2 nitrogen and oxygen atoms in total. The van der Waals surface area contributed by atoms with Crippen LogP contribution in [0.2, 0.25) is 15.1 Å². The zero-order valence-corrected chi connectivity index (χ0v) is 16.1. The number of benzene rings is 2. The lowest BCUT2D eigenvalue weighted by Crippen LogP contribution is -2.25. The summed E-state index contributed by atoms with van der Waals surface area (Å²) in [4.78, 5) is 11.9. The summed E-state index contributed by atoms with van der Waals surface area (Å²) in [6.07, 6.45) is 1.09. The Bertz CT molecular complexity index is 694. The van der Waals surface area contributed by atoms with Gasteiger partial charge in [0, 0.05) is 39.5 Å². The Labute approximate surface area is 161 Å². The molecule has 2 aromatic rings. The predicted molar refractivity (Wildman–Crippen MR) is 105 cm³/mol. The van der Waals surface area contributed by atoms with Gasteiger partial charge in [-0.1, -0.05) is 59.1 Å². The van der Waals surface area contributed by atoms with Gasteiger partial charge >= 0.3 is 0 Å². The summed E-state index contributed by atoms with van der Waals surface area (Å²) in [6.45, 7) is 0.636. The summed E-state index contributed by atoms with van der Waals surface area (Å²) in [5.41, 5.74) is 2.05. The third-order valence-corrected chi connectivity index (χ3v) is 5.38. The molecule has 0 fully saturated rings. The van der Waals surface area contributed by atoms with Crippen molar-refractivity contribution in [2.24, 2.45) is 0 Å². The van der Waals surface area contributed by atoms with Crippen molar-refractivity contribution >= 4 is 52.5 Å². The molecule has 6 heteroatoms. The predicted octanol–water partition coefficient (Wildman–Crippen LogP) is 5.63. The number of carbonyl (C=O) groups excluding carboxylic acids is 1. The van der Waals surface area contributed by atoms with E-state index in [-0.39, 0.29) is 5.91 Å². The number of rotatable bonds is 8. The lowest BCUT2D eigenvalue weighted by molar-refractivity contribution is -0.120. The van der Waals surface area contributed by atoms with E-state index in [1.807, 2.05) is 36.4 Å². The van der Waals surface area contributed by atoms with Gasteiger partial charge in [-0.2, -0.15) is 11.8 Å². The van der Waals surface area contributed by atoms with Gasteiger partial charge in [-0.05, 0) is 35.7 Å². The Morgan fingerprint density at radius 2 is 1.79 bits per heavy atom. The van der Waals surface area contributed by atoms with E-state index in [0.717, 1.165) is 22.6 Å². The number of hydrogen-bond acceptors (Lipinski definition) is 2. The van der Waals surface area contributed by atoms with Gasteiger partial charge in [0.1, 0.15) is 0 Å². The highest BCUT2D eigenvalue weighted by Gasteiger charge is 2.05. The standard InChI is InChI=1S/C18H18Cl3NOS/c19-15-7-5-14(17(21)11-15)12-24-10-9-22-18(23)8-6-13-3-1-2-4-16(13)20/h1-5,7,11H,6,8-10,12H2,(H,22,23). The summed E-state index contributed by atoms with van der Waals surface area (Å²) in [7, 11) is 0. The van der Waals surface area contributed by atoms with Crippen molar-refractivity contribution in [1.29, 1.82) is 0 Å². The van der Waals surface area contributed by atoms with Crippen LogP contribution in [0.15, 0.2) is 42.5 Å². The van der Waals surface area contributed by atoms with Crippen LogP contribution in [0.25, 0.3) is 0 Å². The Kier molecular flexibility index (Phi) is 8.26. The van der Waals surface area contributed by atoms with Crippen LogP contribution < -0.4 is 5.32 Å². The van der Waals surface area contributed by atoms with E-state index in [1.165, 1.54) is 0 Å². The molecular formula is C18H18Cl3NOS. The quantitative estimate of drug-likeness (QED) is 0.580. The topological polar surface area (TPSA) is 29.1 Å². The highest BCUT2D eigenvalue weighted by atomic mass is 35.5. The van der Waals surface area contributed by atoms with Crippen molar-refractivity contribution in [3.05, 3.63) is 68.7 Å². The fraction of sp³-hybridized carbons (Fsp3) is 0.278. The van der Waals surface area contributed by atoms with E-state index in [0.29, 0.717) is 34.5 Å². The molecular weight excluding hydrogens is 385 g/mol. The first kappa shape index (κ1) is 19.5. The number of halogens is 3. The minimum atomic E-state index is 0.0417. The van der Waals surface area contributed by atoms with Gasteiger partial charge in [0.15, 0.2) is 0 Å². The van der Waals surface area contributed by atoms with Crippen LogP contribution in [0.4, 0.5) is 0 Å². The van der Waals surface area contributed by atoms with Gasteiger partial charge < -0.3 is 5.32 Å². The molecule has 1 N–H and O–H groups in total. The molecule has 0 bridgehead atoms. The van der Waals surface area contributed by atoms with E-state index in [9.17, 15) is 4.79 Å². The van der Waals surface area contributed by atoms with Gasteiger partial charge in [0.2, 0.25) is 5.91 Å². The number of hydrogen-bond donors (Lipinski definition) is 1. The van der Waals surface area contributed by atoms with Crippen LogP contribution in [0.1, 0.15) is 17.5 Å². The number of nitrogens with one attached hydrogen (secondary N) is 1. The van der Waals surface area contributed by atoms with E-state index < -0.39 is 0 Å². The molecule has 2 rings (SSSR count). The highest BCUT2D eigenvalue weighted by Crippen LogP contribution is 2.24. The van der Waals surface area contributed by atoms with Gasteiger partial charge in [-0.25, -0.2) is 0 Å². The average molecular weight is 403 g/mol. The summed E-state index contributed by atoms with van der Waals surface area (Å²) in [5.74, 6) is 1.67. The molecule has 0 unspecified atom stereocenters. The second-order valence-corrected chi connectivity index (χ2v) is 7.59. The first-order valence-corrected chi connectivity index (χ1v) is 9.87. The number of aryl methyl sites for hydroxylation is 1. The summed E-state index contributed by atoms with van der Waals surface area (Å²) in [6, 6.07) is 13.1. The zero-order chi connectivity index (χ0) is 17.4. The van der Waals surface area contributed by atoms with Crippen LogP contribution in [0.3, 0.4) is 0 Å². The minimum absolute atomic E-state index is 0.0417. The largest absolute Gasteiger partial charge is 0.355 e. The maximum absolute atomic E-state index is 11.9. The van der Waals surface area contributed by atoms with Crippen molar-refractivity contribution in [1.82, 2.24) is 5.32 Å². The lowest BCUT2D eigenvalue weighted by atomic mass is 10.1. The highest BCUT2D eigenvalue weighted by molar-refractivity contribution is 7.98. The maximum atomic E-state index is 11.9. The molecule has 0 spiro atoms. The molecule has 2 aromatic carbocycles. The smallest absolute Gasteiger partial charge is 0.220 e. The SMILES string of the molecule is O=C(CCc1ccccc1Cl)NCCSCc1ccc(Cl)cc1Cl. The Morgan fingerprint density at radius 1 is 1.00 bits per heavy atom. The normalized spacial score (nSPS) is 10.6. The van der Waals surface area contributed by atoms with Crippen LogP contribution >= 0.6 is 46.6 Å². The molecule has 128 valence electrons. The summed E-state index contributed by atoms with van der Waals surface area (Å²) in [5, 5.41) is 4.95. The van der Waals surface area contributed by atoms with Crippen LogP contribution in [0, 0.1) is 0 Å². The van der Waals surface area contributed by atoms with Gasteiger partial charge in [-0.15, -0.1) is 0 Å². The number of carbonyl (C=O) groups is 1. The van der Waals surface area contributed by atoms with Gasteiger partial charge in [0.05, 0.1) is 0 Å². The molecule has 24 heavy (non-hydrogen) atoms. The van der Waals surface area contributed by atoms with Crippen molar-refractivity contribution in [3.63, 3.8) is 0 Å². The second kappa shape index (κ2) is 10.2. The summed E-state index contributed by atoms with van der Waals surface area (Å²) < 4.78 is 0. The number of thioether (sulfide) groups is 1. The lowest BCUT2D eigenvalue weighted by Gasteiger charge is -2.07. The van der Waals surface area contributed by atoms with Gasteiger partial charge in [-0.3, -0.25) is 4.79 Å². The molecule has 0 atom stereocenters. The first-order valence-electron chi connectivity index (χ1n) is 7.58. The maximum Gasteiger partial charge on any atom is 0.220 e. The first-order chi connectivity index (χ1) is 11.6. The molecule has 0 radical (unpaired) electrons. The van der Waals surface area contributed by atoms with Crippen molar-refractivity contribution in [2.75, 3.05) is 12.3 Å². The molecule has 0 saturated carbocycles. The fourth-order valence-corrected chi connectivity index (χ4v) is 3.77. The van der Waals surface area contributed by atoms with E-state index in [1.54, 1.807) is 17.8 Å². The van der Waals surface area contributed by atoms with Crippen molar-refractivity contribution in [2.45, 2.75) is 18.6 Å². The average Bonchev–Trinajstić information content (AvgIpc) is 2.55. The van der Waals surface area contributed by atoms with E-state index >= 15 is 0 Å². The van der Waals surface area contributed by atoms with Gasteiger partial charge in [0.25, 0.3) is 0 Å². The molecule has 0 aromatic heterocycles. The minimum Gasteiger partial charge on any atom is -0.355 e. The van der Waals surface area contributed by atoms with Crippen LogP contribution in [-0.4, -0.2) is 18.2 Å². The second-order valence-electron chi connectivity index (χ2n) is 5.23. The summed E-state index contributed by atoms with van der Waals surface area (Å²) >= 11 is 19.8. The molecule has 0 aliphatic heterocycles. The van der Waals surface area contributed by atoms with E-state index in [4.69, 9.17) is 34.8 Å². The molecule has 0 aliphatic carbocycles. The zero-order valence-electron chi connectivity index (χ0n) is 13.0. The molecule has 0 aliphatic rings. The van der Waals surface area contributed by atoms with Crippen molar-refractivity contribution in [3.8, 4) is 0 Å². The number of amides is 1. The molecule has 0 heterocycles. The fourth-order valence-electron chi connectivity index (χ4n) is 2.12. The van der Waals surface area contributed by atoms with E-state index in [2.05, 4.69) is 5.32 Å². The van der Waals surface area contributed by atoms with Crippen LogP contribution in [-0.2, 0) is 17.0 Å². The van der Waals surface area contributed by atoms with Crippen molar-refractivity contribution < 1.29 is 4.79 Å².